The zero-order valence-corrected chi connectivity index (χ0v) is 20.0. The highest BCUT2D eigenvalue weighted by Crippen LogP contribution is 2.29. The van der Waals surface area contributed by atoms with Crippen molar-refractivity contribution in [2.45, 2.75) is 57.3 Å². The number of hydrogen-bond donors (Lipinski definition) is 1. The molecule has 3 heterocycles. The maximum Gasteiger partial charge on any atom is 0.338 e. The quantitative estimate of drug-likeness (QED) is 0.587. The van der Waals surface area contributed by atoms with Crippen LogP contribution < -0.4 is 5.32 Å². The van der Waals surface area contributed by atoms with Gasteiger partial charge in [0, 0.05) is 31.1 Å². The first-order chi connectivity index (χ1) is 16.4. The van der Waals surface area contributed by atoms with Crippen molar-refractivity contribution in [3.63, 3.8) is 0 Å². The number of esters is 1. The summed E-state index contributed by atoms with van der Waals surface area (Å²) in [6, 6.07) is 6.41. The summed E-state index contributed by atoms with van der Waals surface area (Å²) in [6.45, 7) is 5.51. The maximum atomic E-state index is 12.6. The van der Waals surface area contributed by atoms with Gasteiger partial charge in [-0.05, 0) is 37.5 Å². The Morgan fingerprint density at radius 3 is 2.79 bits per heavy atom. The minimum Gasteiger partial charge on any atom is -0.452 e. The Kier molecular flexibility index (Phi) is 7.61. The number of anilines is 1. The van der Waals surface area contributed by atoms with Gasteiger partial charge < -0.3 is 19.5 Å². The van der Waals surface area contributed by atoms with Gasteiger partial charge in [0.1, 0.15) is 5.25 Å². The number of thioether (sulfide) groups is 1. The first-order valence-corrected chi connectivity index (χ1v) is 12.2. The van der Waals surface area contributed by atoms with Crippen LogP contribution in [0.25, 0.3) is 0 Å². The molecule has 1 aromatic carbocycles. The molecular weight excluding hydrogens is 458 g/mol. The van der Waals surface area contributed by atoms with Crippen LogP contribution in [-0.4, -0.2) is 56.3 Å². The molecule has 0 unspecified atom stereocenters. The van der Waals surface area contributed by atoms with Crippen molar-refractivity contribution >= 4 is 40.4 Å². The number of likely N-dealkylation sites (tertiary alicyclic amines) is 1. The van der Waals surface area contributed by atoms with Gasteiger partial charge in [-0.25, -0.2) is 4.79 Å². The van der Waals surface area contributed by atoms with Gasteiger partial charge in [0.05, 0.1) is 5.56 Å². The van der Waals surface area contributed by atoms with E-state index in [1.54, 1.807) is 18.2 Å². The molecular formula is C23H27N5O5S. The lowest BCUT2D eigenvalue weighted by atomic mass is 10.1. The van der Waals surface area contributed by atoms with E-state index in [0.29, 0.717) is 16.7 Å². The highest BCUT2D eigenvalue weighted by Gasteiger charge is 2.33. The van der Waals surface area contributed by atoms with E-state index in [2.05, 4.69) is 25.3 Å². The number of carbonyl (C=O) groups excluding carboxylic acids is 3. The van der Waals surface area contributed by atoms with Gasteiger partial charge in [-0.15, -0.1) is 0 Å². The Morgan fingerprint density at radius 1 is 1.26 bits per heavy atom. The number of nitrogens with zero attached hydrogens (tertiary/aromatic N) is 4. The van der Waals surface area contributed by atoms with Gasteiger partial charge in [0.15, 0.2) is 17.6 Å². The van der Waals surface area contributed by atoms with Crippen molar-refractivity contribution in [2.24, 2.45) is 4.99 Å². The normalized spacial score (nSPS) is 18.2. The summed E-state index contributed by atoms with van der Waals surface area (Å²) in [7, 11) is 0. The molecule has 10 nitrogen and oxygen atoms in total. The molecule has 1 aromatic heterocycles. The Hall–Kier alpha value is -3.21. The third kappa shape index (κ3) is 6.02. The van der Waals surface area contributed by atoms with E-state index in [0.717, 1.165) is 25.9 Å². The van der Waals surface area contributed by atoms with Crippen molar-refractivity contribution in [1.29, 1.82) is 0 Å². The number of rotatable bonds is 7. The van der Waals surface area contributed by atoms with Crippen molar-refractivity contribution < 1.29 is 23.6 Å². The lowest BCUT2D eigenvalue weighted by Crippen LogP contribution is -2.33. The van der Waals surface area contributed by atoms with E-state index in [1.807, 2.05) is 13.8 Å². The SMILES string of the molecule is CC(C)c1noc(COC(=O)c2cccc(NC(=O)C[C@@H]3SC(N4CCCCC4)=NC3=O)c2)n1. The second kappa shape index (κ2) is 10.8. The summed E-state index contributed by atoms with van der Waals surface area (Å²) in [5.41, 5.74) is 0.704. The summed E-state index contributed by atoms with van der Waals surface area (Å²) in [5.74, 6) is -0.316. The lowest BCUT2D eigenvalue weighted by molar-refractivity contribution is -0.121. The van der Waals surface area contributed by atoms with E-state index in [9.17, 15) is 14.4 Å². The lowest BCUT2D eigenvalue weighted by Gasteiger charge is -2.27. The molecule has 4 rings (SSSR count). The third-order valence-electron chi connectivity index (χ3n) is 5.44. The molecule has 0 saturated carbocycles. The monoisotopic (exact) mass is 485 g/mol. The number of aromatic nitrogens is 2. The van der Waals surface area contributed by atoms with Gasteiger partial charge in [0.2, 0.25) is 5.91 Å². The Labute approximate surface area is 201 Å². The average molecular weight is 486 g/mol. The van der Waals surface area contributed by atoms with Crippen molar-refractivity contribution in [3.05, 3.63) is 41.5 Å². The van der Waals surface area contributed by atoms with Crippen LogP contribution in [0.1, 0.15) is 67.5 Å². The molecule has 34 heavy (non-hydrogen) atoms. The topological polar surface area (TPSA) is 127 Å². The number of amidine groups is 1. The number of benzene rings is 1. The molecule has 2 amide bonds. The molecule has 11 heteroatoms. The molecule has 2 aromatic rings. The first kappa shape index (κ1) is 23.9. The van der Waals surface area contributed by atoms with Crippen molar-refractivity contribution in [2.75, 3.05) is 18.4 Å². The molecule has 0 radical (unpaired) electrons. The number of amides is 2. The predicted octanol–water partition coefficient (Wildman–Crippen LogP) is 3.36. The molecule has 1 atom stereocenters. The van der Waals surface area contributed by atoms with Crippen LogP contribution in [-0.2, 0) is 20.9 Å². The number of ether oxygens (including phenoxy) is 1. The van der Waals surface area contributed by atoms with Crippen molar-refractivity contribution in [3.8, 4) is 0 Å². The minimum atomic E-state index is -0.582. The zero-order valence-electron chi connectivity index (χ0n) is 19.2. The number of hydrogen-bond acceptors (Lipinski definition) is 9. The summed E-state index contributed by atoms with van der Waals surface area (Å²) in [5, 5.41) is 6.77. The van der Waals surface area contributed by atoms with Gasteiger partial charge in [-0.2, -0.15) is 9.98 Å². The van der Waals surface area contributed by atoms with E-state index in [1.165, 1.54) is 24.2 Å². The fraction of sp³-hybridized carbons (Fsp3) is 0.478. The van der Waals surface area contributed by atoms with Gasteiger partial charge in [0.25, 0.3) is 11.8 Å². The standard InChI is InChI=1S/C23H27N5O5S/c1-14(2)20-25-19(33-27-20)13-32-22(31)15-7-6-8-16(11-15)24-18(29)12-17-21(30)26-23(34-17)28-9-4-3-5-10-28/h6-8,11,14,17H,3-5,9-10,12-13H2,1-2H3,(H,24,29)/t17-/m0/s1. The summed E-state index contributed by atoms with van der Waals surface area (Å²) in [6.07, 6.45) is 3.38. The summed E-state index contributed by atoms with van der Waals surface area (Å²) < 4.78 is 10.3. The molecule has 2 aliphatic rings. The summed E-state index contributed by atoms with van der Waals surface area (Å²) >= 11 is 1.35. The molecule has 0 spiro atoms. The molecule has 1 fully saturated rings. The smallest absolute Gasteiger partial charge is 0.338 e. The number of aliphatic imine (C=N–C) groups is 1. The molecule has 0 bridgehead atoms. The van der Waals surface area contributed by atoms with E-state index < -0.39 is 11.2 Å². The van der Waals surface area contributed by atoms with Crippen LogP contribution in [0.15, 0.2) is 33.8 Å². The van der Waals surface area contributed by atoms with Crippen LogP contribution >= 0.6 is 11.8 Å². The molecule has 0 aliphatic carbocycles. The van der Waals surface area contributed by atoms with Crippen LogP contribution in [0.4, 0.5) is 5.69 Å². The Bertz CT molecular complexity index is 1090. The zero-order chi connectivity index (χ0) is 24.1. The fourth-order valence-corrected chi connectivity index (χ4v) is 4.72. The molecule has 1 N–H and O–H groups in total. The first-order valence-electron chi connectivity index (χ1n) is 11.3. The second-order valence-corrected chi connectivity index (χ2v) is 9.67. The number of carbonyl (C=O) groups is 3. The number of piperidine rings is 1. The largest absolute Gasteiger partial charge is 0.452 e. The van der Waals surface area contributed by atoms with Gasteiger partial charge in [-0.3, -0.25) is 9.59 Å². The van der Waals surface area contributed by atoms with Gasteiger partial charge in [-0.1, -0.05) is 36.8 Å². The van der Waals surface area contributed by atoms with Crippen LogP contribution in [0, 0.1) is 0 Å². The van der Waals surface area contributed by atoms with Crippen molar-refractivity contribution in [1.82, 2.24) is 15.0 Å². The third-order valence-corrected chi connectivity index (χ3v) is 6.65. The van der Waals surface area contributed by atoms with Crippen LogP contribution in [0.2, 0.25) is 0 Å². The van der Waals surface area contributed by atoms with E-state index in [4.69, 9.17) is 9.26 Å². The van der Waals surface area contributed by atoms with Crippen LogP contribution in [0.3, 0.4) is 0 Å². The Morgan fingerprint density at radius 2 is 2.06 bits per heavy atom. The predicted molar refractivity (Wildman–Crippen MR) is 126 cm³/mol. The van der Waals surface area contributed by atoms with E-state index >= 15 is 0 Å². The van der Waals surface area contributed by atoms with Gasteiger partial charge >= 0.3 is 5.97 Å². The molecule has 1 saturated heterocycles. The maximum absolute atomic E-state index is 12.6. The van der Waals surface area contributed by atoms with Crippen LogP contribution in [0.5, 0.6) is 0 Å². The fourth-order valence-electron chi connectivity index (χ4n) is 3.61. The van der Waals surface area contributed by atoms with E-state index in [-0.39, 0.29) is 42.2 Å². The molecule has 180 valence electrons. The highest BCUT2D eigenvalue weighted by atomic mass is 32.2. The highest BCUT2D eigenvalue weighted by molar-refractivity contribution is 8.15. The average Bonchev–Trinajstić information content (AvgIpc) is 3.45. The molecule has 2 aliphatic heterocycles. The Balaban J connectivity index is 1.28. The minimum absolute atomic E-state index is 0.00830. The second-order valence-electron chi connectivity index (χ2n) is 8.50. The summed E-state index contributed by atoms with van der Waals surface area (Å²) in [4.78, 5) is 47.7. The number of nitrogens with one attached hydrogen (secondary N) is 1.